The van der Waals surface area contributed by atoms with Crippen LogP contribution in [0.2, 0.25) is 18.1 Å². The van der Waals surface area contributed by atoms with Crippen molar-refractivity contribution < 1.29 is 9.22 Å². The van der Waals surface area contributed by atoms with E-state index in [1.807, 2.05) is 0 Å². The molecule has 0 spiro atoms. The van der Waals surface area contributed by atoms with Gasteiger partial charge in [0, 0.05) is 11.5 Å². The molecule has 2 nitrogen and oxygen atoms in total. The highest BCUT2D eigenvalue weighted by atomic mass is 28.4. The Balaban J connectivity index is 2.22. The molecule has 0 radical (unpaired) electrons. The zero-order valence-corrected chi connectivity index (χ0v) is 18.9. The molecule has 2 fully saturated rings. The maximum Gasteiger partial charge on any atom is 0.192 e. The van der Waals surface area contributed by atoms with Gasteiger partial charge in [-0.2, -0.15) is 0 Å². The summed E-state index contributed by atoms with van der Waals surface area (Å²) in [5.74, 6) is 1.81. The number of carbonyl (C=O) groups is 1. The van der Waals surface area contributed by atoms with Gasteiger partial charge >= 0.3 is 0 Å². The molecule has 2 rings (SSSR count). The minimum Gasteiger partial charge on any atom is -0.414 e. The summed E-state index contributed by atoms with van der Waals surface area (Å²) in [6, 6.07) is 3.74. The largest absolute Gasteiger partial charge is 0.414 e. The monoisotopic (exact) mass is 366 g/mol. The normalized spacial score (nSPS) is 34.6. The molecule has 5 atom stereocenters. The van der Waals surface area contributed by atoms with Gasteiger partial charge in [-0.05, 0) is 67.0 Å². The van der Waals surface area contributed by atoms with Gasteiger partial charge in [0.1, 0.15) is 6.29 Å². The van der Waals surface area contributed by atoms with Crippen LogP contribution in [0.15, 0.2) is 0 Å². The van der Waals surface area contributed by atoms with E-state index in [1.54, 1.807) is 0 Å². The molecule has 2 unspecified atom stereocenters. The fourth-order valence-electron chi connectivity index (χ4n) is 6.07. The highest BCUT2D eigenvalue weighted by Crippen LogP contribution is 2.60. The molecule has 0 saturated heterocycles. The molecule has 0 aliphatic heterocycles. The number of fused-ring (bicyclic) bond motifs is 1. The first-order valence-electron chi connectivity index (χ1n) is 10.8. The van der Waals surface area contributed by atoms with E-state index in [0.29, 0.717) is 29.3 Å². The first-order valence-corrected chi connectivity index (χ1v) is 13.4. The average molecular weight is 367 g/mol. The maximum atomic E-state index is 11.6. The Bertz CT molecular complexity index is 449. The Morgan fingerprint density at radius 1 is 1.16 bits per heavy atom. The number of aldehydes is 1. The zero-order valence-electron chi connectivity index (χ0n) is 17.9. The molecule has 0 aromatic rings. The van der Waals surface area contributed by atoms with Crippen LogP contribution in [0.25, 0.3) is 0 Å². The molecular formula is C22H42O2Si. The second-order valence-corrected chi connectivity index (χ2v) is 14.5. The zero-order chi connectivity index (χ0) is 18.9. The van der Waals surface area contributed by atoms with Crippen LogP contribution in [-0.4, -0.2) is 20.7 Å². The third-order valence-electron chi connectivity index (χ3n) is 8.55. The Morgan fingerprint density at radius 2 is 1.76 bits per heavy atom. The molecule has 25 heavy (non-hydrogen) atoms. The third-order valence-corrected chi connectivity index (χ3v) is 13.2. The third kappa shape index (κ3) is 3.78. The van der Waals surface area contributed by atoms with Crippen molar-refractivity contribution in [3.8, 4) is 0 Å². The summed E-state index contributed by atoms with van der Waals surface area (Å²) in [6.45, 7) is 16.1. The van der Waals surface area contributed by atoms with Crippen molar-refractivity contribution in [3.63, 3.8) is 0 Å². The van der Waals surface area contributed by atoms with Gasteiger partial charge in [-0.3, -0.25) is 0 Å². The topological polar surface area (TPSA) is 26.3 Å². The van der Waals surface area contributed by atoms with Gasteiger partial charge in [0.25, 0.3) is 0 Å². The Kier molecular flexibility index (Phi) is 6.63. The van der Waals surface area contributed by atoms with Gasteiger partial charge in [-0.25, -0.2) is 0 Å². The van der Waals surface area contributed by atoms with Crippen molar-refractivity contribution in [2.24, 2.45) is 28.6 Å². The van der Waals surface area contributed by atoms with Crippen LogP contribution in [0, 0.1) is 28.6 Å². The molecule has 3 heteroatoms. The van der Waals surface area contributed by atoms with E-state index in [1.165, 1.54) is 56.5 Å². The quantitative estimate of drug-likeness (QED) is 0.364. The summed E-state index contributed by atoms with van der Waals surface area (Å²) < 4.78 is 7.02. The van der Waals surface area contributed by atoms with Gasteiger partial charge in [-0.1, -0.05) is 54.9 Å². The molecule has 2 aliphatic carbocycles. The summed E-state index contributed by atoms with van der Waals surface area (Å²) in [6.07, 6.45) is 8.11. The van der Waals surface area contributed by atoms with Crippen LogP contribution in [0.5, 0.6) is 0 Å². The van der Waals surface area contributed by atoms with E-state index in [-0.39, 0.29) is 5.41 Å². The van der Waals surface area contributed by atoms with Gasteiger partial charge in [0.2, 0.25) is 0 Å². The van der Waals surface area contributed by atoms with Crippen LogP contribution in [-0.2, 0) is 9.22 Å². The van der Waals surface area contributed by atoms with E-state index < -0.39 is 8.32 Å². The summed E-state index contributed by atoms with van der Waals surface area (Å²) >= 11 is 0. The average Bonchev–Trinajstić information content (AvgIpc) is 2.96. The smallest absolute Gasteiger partial charge is 0.192 e. The van der Waals surface area contributed by atoms with Gasteiger partial charge < -0.3 is 9.22 Å². The van der Waals surface area contributed by atoms with Crippen molar-refractivity contribution in [1.29, 1.82) is 0 Å². The highest BCUT2D eigenvalue weighted by molar-refractivity contribution is 6.73. The van der Waals surface area contributed by atoms with Crippen LogP contribution in [0.1, 0.15) is 80.6 Å². The Hall–Kier alpha value is -0.153. The molecule has 0 aromatic carbocycles. The first-order chi connectivity index (χ1) is 11.7. The molecule has 0 aromatic heterocycles. The van der Waals surface area contributed by atoms with E-state index in [9.17, 15) is 4.79 Å². The standard InChI is InChI=1S/C22H42O2Si/c1-8-25(9-2,10-3)24-20-12-11-15-22(7)18(13-14-19(20)22)17(4)21(5,6)16-23/h16-20H,8-15H2,1-7H3/t17-,18?,19?,20-,22+/m0/s1. The predicted molar refractivity (Wildman–Crippen MR) is 109 cm³/mol. The molecule has 0 bridgehead atoms. The summed E-state index contributed by atoms with van der Waals surface area (Å²) in [7, 11) is -1.55. The minimum absolute atomic E-state index is 0.217. The molecule has 2 aliphatic rings. The lowest BCUT2D eigenvalue weighted by Crippen LogP contribution is -2.49. The fourth-order valence-corrected chi connectivity index (χ4v) is 8.99. The maximum absolute atomic E-state index is 11.6. The van der Waals surface area contributed by atoms with Crippen LogP contribution < -0.4 is 0 Å². The van der Waals surface area contributed by atoms with Crippen LogP contribution in [0.3, 0.4) is 0 Å². The Labute approximate surface area is 157 Å². The summed E-state index contributed by atoms with van der Waals surface area (Å²) in [5, 5.41) is 0. The van der Waals surface area contributed by atoms with Crippen molar-refractivity contribution in [2.45, 2.75) is 105 Å². The predicted octanol–water partition coefficient (Wildman–Crippen LogP) is 6.45. The first kappa shape index (κ1) is 21.2. The molecule has 0 amide bonds. The summed E-state index contributed by atoms with van der Waals surface area (Å²) in [5.41, 5.74) is 0.142. The van der Waals surface area contributed by atoms with E-state index in [2.05, 4.69) is 48.5 Å². The van der Waals surface area contributed by atoms with Crippen molar-refractivity contribution in [3.05, 3.63) is 0 Å². The number of hydrogen-bond donors (Lipinski definition) is 0. The van der Waals surface area contributed by atoms with Crippen LogP contribution >= 0.6 is 0 Å². The summed E-state index contributed by atoms with van der Waals surface area (Å²) in [4.78, 5) is 11.6. The lowest BCUT2D eigenvalue weighted by Gasteiger charge is -2.50. The van der Waals surface area contributed by atoms with E-state index in [4.69, 9.17) is 4.43 Å². The van der Waals surface area contributed by atoms with Gasteiger partial charge in [0.15, 0.2) is 8.32 Å². The molecule has 0 heterocycles. The van der Waals surface area contributed by atoms with Gasteiger partial charge in [-0.15, -0.1) is 0 Å². The molecule has 2 saturated carbocycles. The Morgan fingerprint density at radius 3 is 2.28 bits per heavy atom. The lowest BCUT2D eigenvalue weighted by atomic mass is 9.58. The van der Waals surface area contributed by atoms with Crippen LogP contribution in [0.4, 0.5) is 0 Å². The molecular weight excluding hydrogens is 324 g/mol. The SMILES string of the molecule is CC[Si](CC)(CC)O[C@H]1CCC[C@@]2(C)C1CCC2[C@H](C)C(C)(C)C=O. The van der Waals surface area contributed by atoms with Crippen molar-refractivity contribution in [2.75, 3.05) is 0 Å². The number of hydrogen-bond acceptors (Lipinski definition) is 2. The fraction of sp³-hybridized carbons (Fsp3) is 0.955. The molecule has 0 N–H and O–H groups in total. The van der Waals surface area contributed by atoms with E-state index >= 15 is 0 Å². The second-order valence-electron chi connectivity index (χ2n) is 9.82. The van der Waals surface area contributed by atoms with Crippen molar-refractivity contribution in [1.82, 2.24) is 0 Å². The van der Waals surface area contributed by atoms with E-state index in [0.717, 1.165) is 0 Å². The number of carbonyl (C=O) groups excluding carboxylic acids is 1. The van der Waals surface area contributed by atoms with Gasteiger partial charge in [0.05, 0.1) is 0 Å². The second kappa shape index (κ2) is 7.84. The highest BCUT2D eigenvalue weighted by Gasteiger charge is 2.55. The van der Waals surface area contributed by atoms with Crippen molar-refractivity contribution >= 4 is 14.6 Å². The minimum atomic E-state index is -1.55. The lowest BCUT2D eigenvalue weighted by molar-refractivity contribution is -0.119. The number of rotatable bonds is 8. The molecule has 146 valence electrons.